The maximum atomic E-state index is 16.7. The monoisotopic (exact) mass is 635 g/mol. The zero-order valence-electron chi connectivity index (χ0n) is 25.7. The fourth-order valence-electron chi connectivity index (χ4n) is 6.44. The summed E-state index contributed by atoms with van der Waals surface area (Å²) in [6, 6.07) is 6.08. The molecule has 4 nitrogen and oxygen atoms in total. The molecule has 230 valence electrons. The van der Waals surface area contributed by atoms with Gasteiger partial charge in [0.25, 0.3) is 0 Å². The number of halogens is 3. The van der Waals surface area contributed by atoms with Crippen LogP contribution in [0.4, 0.5) is 13.2 Å². The normalized spacial score (nSPS) is 19.2. The lowest BCUT2D eigenvalue weighted by molar-refractivity contribution is -0.582. The van der Waals surface area contributed by atoms with Crippen LogP contribution in [0, 0.1) is 22.9 Å². The molecule has 0 radical (unpaired) electrons. The molecule has 0 amide bonds. The highest BCUT2D eigenvalue weighted by atomic mass is 32.2. The summed E-state index contributed by atoms with van der Waals surface area (Å²) in [4.78, 5) is 24.4. The first-order valence-electron chi connectivity index (χ1n) is 15.2. The van der Waals surface area contributed by atoms with Crippen LogP contribution in [0.3, 0.4) is 0 Å². The van der Waals surface area contributed by atoms with Gasteiger partial charge in [-0.15, -0.1) is 11.8 Å². The van der Waals surface area contributed by atoms with Gasteiger partial charge in [-0.2, -0.15) is 0 Å². The number of thioether (sulfide) groups is 1. The minimum absolute atomic E-state index is 0.219. The lowest BCUT2D eigenvalue weighted by atomic mass is 9.79. The van der Waals surface area contributed by atoms with E-state index < -0.39 is 52.9 Å². The van der Waals surface area contributed by atoms with E-state index in [1.54, 1.807) is 20.8 Å². The number of carbonyl (C=O) groups is 2. The maximum absolute atomic E-state index is 16.7. The Morgan fingerprint density at radius 1 is 1.02 bits per heavy atom. The minimum Gasteiger partial charge on any atom is -0.545 e. The summed E-state index contributed by atoms with van der Waals surface area (Å²) in [5.41, 5.74) is 1.25. The van der Waals surface area contributed by atoms with Gasteiger partial charge in [-0.25, -0.2) is 17.7 Å². The van der Waals surface area contributed by atoms with Crippen LogP contribution in [0.2, 0.25) is 13.1 Å². The summed E-state index contributed by atoms with van der Waals surface area (Å²) in [5.74, 6) is -6.65. The van der Waals surface area contributed by atoms with Gasteiger partial charge in [0, 0.05) is 28.7 Å². The number of carboxylic acid groups (broad SMARTS) is 1. The number of ketones is 1. The highest BCUT2D eigenvalue weighted by Gasteiger charge is 2.43. The molecule has 44 heavy (non-hydrogen) atoms. The maximum Gasteiger partial charge on any atom is 0.199 e. The molecule has 0 spiro atoms. The van der Waals surface area contributed by atoms with Crippen LogP contribution in [0.15, 0.2) is 52.1 Å². The van der Waals surface area contributed by atoms with Crippen molar-refractivity contribution in [2.75, 3.05) is 18.8 Å². The van der Waals surface area contributed by atoms with E-state index in [1.807, 2.05) is 24.3 Å². The lowest BCUT2D eigenvalue weighted by Gasteiger charge is -2.39. The fourth-order valence-corrected chi connectivity index (χ4v) is 10.7. The Labute approximate surface area is 261 Å². The third kappa shape index (κ3) is 4.96. The van der Waals surface area contributed by atoms with Gasteiger partial charge in [-0.3, -0.25) is 4.79 Å². The standard InChI is InChI=1S/C35H36F3NO3SSi/c1-35(2,3)26(40)18-43-33-31(37)28(29(34(41)42)30(36)32(33)38)27-22-12-10-20(19-8-6-9-19)16-24(22)44(4,5)25-17-21(11-13-23(25)27)39-14-7-15-39/h10-13,16-17,19H,6-9,14-15,18H2,1-5H3. The lowest BCUT2D eigenvalue weighted by Crippen LogP contribution is -2.50. The number of hydrogen-bond acceptors (Lipinski definition) is 4. The smallest absolute Gasteiger partial charge is 0.199 e. The third-order valence-corrected chi connectivity index (χ3v) is 14.2. The topological polar surface area (TPSA) is 60.2 Å². The van der Waals surface area contributed by atoms with E-state index >= 15 is 13.2 Å². The van der Waals surface area contributed by atoms with Gasteiger partial charge >= 0.3 is 0 Å². The summed E-state index contributed by atoms with van der Waals surface area (Å²) in [7, 11) is -2.44. The van der Waals surface area contributed by atoms with Crippen LogP contribution in [-0.2, 0) is 4.79 Å². The Morgan fingerprint density at radius 3 is 2.30 bits per heavy atom. The molecule has 1 saturated heterocycles. The number of hydrogen-bond donors (Lipinski definition) is 0. The van der Waals surface area contributed by atoms with E-state index in [1.165, 1.54) is 5.56 Å². The quantitative estimate of drug-likeness (QED) is 0.168. The minimum atomic E-state index is -2.44. The Bertz CT molecular complexity index is 1750. The van der Waals surface area contributed by atoms with Crippen LogP contribution in [-0.4, -0.2) is 49.0 Å². The molecule has 2 aromatic rings. The molecule has 4 aliphatic rings. The molecular weight excluding hydrogens is 600 g/mol. The predicted octanol–water partition coefficient (Wildman–Crippen LogP) is 6.07. The molecule has 1 saturated carbocycles. The molecule has 2 aromatic carbocycles. The van der Waals surface area contributed by atoms with Crippen LogP contribution >= 0.6 is 11.8 Å². The van der Waals surface area contributed by atoms with Crippen molar-refractivity contribution in [2.45, 2.75) is 70.4 Å². The molecule has 2 fully saturated rings. The number of allylic oxidation sites excluding steroid dienone is 5. The predicted molar refractivity (Wildman–Crippen MR) is 169 cm³/mol. The van der Waals surface area contributed by atoms with Crippen molar-refractivity contribution in [2.24, 2.45) is 5.41 Å². The van der Waals surface area contributed by atoms with Gasteiger partial charge < -0.3 is 9.90 Å². The van der Waals surface area contributed by atoms with Crippen molar-refractivity contribution in [1.29, 1.82) is 0 Å². The van der Waals surface area contributed by atoms with E-state index in [0.717, 1.165) is 54.9 Å². The average Bonchev–Trinajstić information content (AvgIpc) is 2.89. The van der Waals surface area contributed by atoms with Crippen molar-refractivity contribution in [3.05, 3.63) is 86.9 Å². The highest BCUT2D eigenvalue weighted by molar-refractivity contribution is 8.00. The first kappa shape index (κ1) is 30.8. The number of aromatic carboxylic acids is 1. The summed E-state index contributed by atoms with van der Waals surface area (Å²) >= 11 is 0.553. The van der Waals surface area contributed by atoms with Crippen LogP contribution in [0.25, 0.3) is 5.57 Å². The number of benzene rings is 2. The van der Waals surface area contributed by atoms with Crippen molar-refractivity contribution in [3.63, 3.8) is 0 Å². The van der Waals surface area contributed by atoms with Crippen LogP contribution in [0.5, 0.6) is 0 Å². The second-order valence-electron chi connectivity index (χ2n) is 13.8. The van der Waals surface area contributed by atoms with E-state index in [9.17, 15) is 14.7 Å². The summed E-state index contributed by atoms with van der Waals surface area (Å²) < 4.78 is 50.2. The van der Waals surface area contributed by atoms with Crippen LogP contribution < -0.4 is 10.3 Å². The molecule has 2 heterocycles. The number of carboxylic acids is 1. The average molecular weight is 636 g/mol. The molecule has 2 aliphatic heterocycles. The molecule has 0 N–H and O–H groups in total. The number of fused-ring (bicyclic) bond motifs is 2. The van der Waals surface area contributed by atoms with Gasteiger partial charge in [0.2, 0.25) is 0 Å². The van der Waals surface area contributed by atoms with Gasteiger partial charge in [0.1, 0.15) is 32.8 Å². The van der Waals surface area contributed by atoms with Crippen LogP contribution in [0.1, 0.15) is 79.4 Å². The van der Waals surface area contributed by atoms with Crippen molar-refractivity contribution in [3.8, 4) is 0 Å². The number of nitrogens with zero attached hydrogens (tertiary/aromatic N) is 1. The van der Waals surface area contributed by atoms with Crippen molar-refractivity contribution < 1.29 is 32.4 Å². The van der Waals surface area contributed by atoms with E-state index in [-0.39, 0.29) is 17.1 Å². The van der Waals surface area contributed by atoms with E-state index in [0.29, 0.717) is 28.8 Å². The molecule has 2 aliphatic carbocycles. The van der Waals surface area contributed by atoms with E-state index in [4.69, 9.17) is 0 Å². The Morgan fingerprint density at radius 2 is 1.73 bits per heavy atom. The second-order valence-corrected chi connectivity index (χ2v) is 19.1. The molecule has 0 bridgehead atoms. The zero-order chi connectivity index (χ0) is 31.7. The highest BCUT2D eigenvalue weighted by Crippen LogP contribution is 2.46. The molecular formula is C35H36F3NO3SSi. The Hall–Kier alpha value is -3.17. The third-order valence-electron chi connectivity index (χ3n) is 9.65. The van der Waals surface area contributed by atoms with Crippen molar-refractivity contribution >= 4 is 48.1 Å². The van der Waals surface area contributed by atoms with Gasteiger partial charge in [-0.1, -0.05) is 58.5 Å². The summed E-state index contributed by atoms with van der Waals surface area (Å²) in [6.07, 6.45) is 10.4. The number of carbonyl (C=O) groups excluding carboxylic acids is 2. The van der Waals surface area contributed by atoms with E-state index in [2.05, 4.69) is 29.8 Å². The second kappa shape index (κ2) is 11.0. The first-order chi connectivity index (χ1) is 20.7. The molecule has 0 aromatic heterocycles. The molecule has 6 rings (SSSR count). The van der Waals surface area contributed by atoms with Gasteiger partial charge in [0.05, 0.1) is 23.0 Å². The first-order valence-corrected chi connectivity index (χ1v) is 19.2. The summed E-state index contributed by atoms with van der Waals surface area (Å²) in [5, 5.41) is 14.5. The Balaban J connectivity index is 1.64. The van der Waals surface area contributed by atoms with Gasteiger partial charge in [0.15, 0.2) is 17.3 Å². The SMILES string of the molecule is CC(C)(C)C(=O)CSc1c(F)c(F)c(C(=O)[O-])c(C2=C3C=CC(=[N+]4CCC4)C=C3[Si](C)(C)c3cc(C4CCC4)ccc32)c1F. The Kier molecular flexibility index (Phi) is 7.72. The molecule has 0 unspecified atom stereocenters. The fraction of sp³-hybridized carbons (Fsp3) is 0.400. The molecule has 0 atom stereocenters. The zero-order valence-corrected chi connectivity index (χ0v) is 27.5. The van der Waals surface area contributed by atoms with Crippen molar-refractivity contribution in [1.82, 2.24) is 0 Å². The summed E-state index contributed by atoms with van der Waals surface area (Å²) in [6.45, 7) is 11.4. The van der Waals surface area contributed by atoms with Gasteiger partial charge in [-0.05, 0) is 57.5 Å². The number of Topliss-reactive ketones (excluding diaryl/α,β-unsaturated/α-hetero) is 1. The largest absolute Gasteiger partial charge is 0.545 e. The number of rotatable bonds is 6. The molecule has 9 heteroatoms.